The zero-order valence-corrected chi connectivity index (χ0v) is 16.1. The zero-order valence-electron chi connectivity index (χ0n) is 14.0. The number of carboxylic acid groups (broad SMARTS) is 1. The molecule has 0 unspecified atom stereocenters. The van der Waals surface area contributed by atoms with E-state index in [2.05, 4.69) is 0 Å². The first kappa shape index (κ1) is 20.1. The Morgan fingerprint density at radius 3 is 1.53 bits per heavy atom. The van der Waals surface area contributed by atoms with E-state index < -0.39 is 5.97 Å². The summed E-state index contributed by atoms with van der Waals surface area (Å²) < 4.78 is 7.05. The van der Waals surface area contributed by atoms with Gasteiger partial charge in [0.15, 0.2) is 0 Å². The normalized spacial score (nSPS) is 10.8. The van der Waals surface area contributed by atoms with Crippen molar-refractivity contribution in [2.75, 3.05) is 0 Å². The molecule has 0 atom stereocenters. The third-order valence-corrected chi connectivity index (χ3v) is 3.39. The summed E-state index contributed by atoms with van der Waals surface area (Å²) in [5, 5.41) is 8.50. The number of carbonyl (C=O) groups is 1. The van der Waals surface area contributed by atoms with Gasteiger partial charge < -0.3 is 5.11 Å². The van der Waals surface area contributed by atoms with Gasteiger partial charge >= 0.3 is 5.97 Å². The second-order valence-corrected chi connectivity index (χ2v) is 5.24. The van der Waals surface area contributed by atoms with Crippen LogP contribution in [0.25, 0.3) is 0 Å². The SMILES string of the molecule is [2H]CCCCCCCCCCCCCCCC(=O)O.[K]. The first-order chi connectivity index (χ1) is 9.27. The number of aliphatic carboxylic acids is 1. The summed E-state index contributed by atoms with van der Waals surface area (Å²) in [7, 11) is 0. The maximum atomic E-state index is 10.3. The van der Waals surface area contributed by atoms with E-state index in [0.29, 0.717) is 13.3 Å². The summed E-state index contributed by atoms with van der Waals surface area (Å²) in [4.78, 5) is 10.3. The van der Waals surface area contributed by atoms with Gasteiger partial charge in [-0.1, -0.05) is 83.9 Å². The molecular formula is C16H32KO2. The van der Waals surface area contributed by atoms with Crippen LogP contribution in [0.5, 0.6) is 0 Å². The van der Waals surface area contributed by atoms with Gasteiger partial charge in [0.1, 0.15) is 0 Å². The fourth-order valence-corrected chi connectivity index (χ4v) is 2.22. The van der Waals surface area contributed by atoms with E-state index in [-0.39, 0.29) is 51.4 Å². The number of carboxylic acids is 1. The Balaban J connectivity index is 0. The summed E-state index contributed by atoms with van der Waals surface area (Å²) in [6.07, 6.45) is 16.4. The summed E-state index contributed by atoms with van der Waals surface area (Å²) in [5.74, 6) is -0.664. The van der Waals surface area contributed by atoms with Crippen LogP contribution in [-0.2, 0) is 4.79 Å². The Bertz CT molecular complexity index is 201. The van der Waals surface area contributed by atoms with Crippen molar-refractivity contribution in [3.8, 4) is 0 Å². The Labute approximate surface area is 163 Å². The Morgan fingerprint density at radius 2 is 1.16 bits per heavy atom. The van der Waals surface area contributed by atoms with E-state index in [4.69, 9.17) is 6.48 Å². The van der Waals surface area contributed by atoms with Crippen LogP contribution < -0.4 is 0 Å². The van der Waals surface area contributed by atoms with Crippen molar-refractivity contribution < 1.29 is 11.3 Å². The molecule has 0 bridgehead atoms. The molecule has 0 aliphatic heterocycles. The Hall–Kier alpha value is 1.11. The molecule has 0 rings (SSSR count). The fourth-order valence-electron chi connectivity index (χ4n) is 2.22. The third-order valence-electron chi connectivity index (χ3n) is 3.39. The van der Waals surface area contributed by atoms with Crippen LogP contribution in [0, 0.1) is 0 Å². The number of unbranched alkanes of at least 4 members (excludes halogenated alkanes) is 12. The minimum atomic E-state index is -0.664. The summed E-state index contributed by atoms with van der Waals surface area (Å²) in [6, 6.07) is 0. The molecule has 0 aliphatic carbocycles. The van der Waals surface area contributed by atoms with Crippen LogP contribution in [0.15, 0.2) is 0 Å². The molecule has 1 radical (unpaired) electrons. The van der Waals surface area contributed by atoms with Gasteiger partial charge in [-0.25, -0.2) is 0 Å². The molecular weight excluding hydrogens is 263 g/mol. The van der Waals surface area contributed by atoms with Gasteiger partial charge in [-0.15, -0.1) is 0 Å². The predicted octanol–water partition coefficient (Wildman–Crippen LogP) is 5.17. The van der Waals surface area contributed by atoms with Crippen molar-refractivity contribution in [3.63, 3.8) is 0 Å². The number of hydrogen-bond donors (Lipinski definition) is 1. The molecule has 0 spiro atoms. The molecule has 3 heteroatoms. The van der Waals surface area contributed by atoms with Crippen LogP contribution in [0.3, 0.4) is 0 Å². The molecule has 0 saturated heterocycles. The fraction of sp³-hybridized carbons (Fsp3) is 0.938. The van der Waals surface area contributed by atoms with Crippen LogP contribution in [0.1, 0.15) is 98.2 Å². The Kier molecular flexibility index (Phi) is 20.2. The van der Waals surface area contributed by atoms with Gasteiger partial charge in [-0.2, -0.15) is 0 Å². The Morgan fingerprint density at radius 1 is 0.789 bits per heavy atom. The van der Waals surface area contributed by atoms with E-state index in [1.54, 1.807) is 0 Å². The number of rotatable bonds is 14. The van der Waals surface area contributed by atoms with E-state index in [9.17, 15) is 4.79 Å². The average Bonchev–Trinajstić information content (AvgIpc) is 2.39. The van der Waals surface area contributed by atoms with Gasteiger partial charge in [0.05, 0.1) is 0 Å². The predicted molar refractivity (Wildman–Crippen MR) is 83.7 cm³/mol. The summed E-state index contributed by atoms with van der Waals surface area (Å²) >= 11 is 0. The molecule has 0 amide bonds. The smallest absolute Gasteiger partial charge is 0.303 e. The van der Waals surface area contributed by atoms with Gasteiger partial charge in [0.25, 0.3) is 0 Å². The van der Waals surface area contributed by atoms with Crippen LogP contribution >= 0.6 is 0 Å². The van der Waals surface area contributed by atoms with Gasteiger partial charge in [-0.05, 0) is 6.42 Å². The summed E-state index contributed by atoms with van der Waals surface area (Å²) in [6.45, 7) is 0.590. The van der Waals surface area contributed by atoms with E-state index >= 15 is 0 Å². The quantitative estimate of drug-likeness (QED) is 0.354. The van der Waals surface area contributed by atoms with E-state index in [1.165, 1.54) is 64.2 Å². The molecule has 0 fully saturated rings. The van der Waals surface area contributed by atoms with E-state index in [0.717, 1.165) is 19.3 Å². The molecule has 19 heavy (non-hydrogen) atoms. The number of hydrogen-bond acceptors (Lipinski definition) is 1. The van der Waals surface area contributed by atoms with Gasteiger partial charge in [0.2, 0.25) is 0 Å². The van der Waals surface area contributed by atoms with Crippen molar-refractivity contribution in [1.29, 1.82) is 0 Å². The standard InChI is InChI=1S/C16H32O2.K/c1-2-3-4-5-6-7-8-9-10-11-12-13-14-15-16(17)18;/h2-15H2,1H3,(H,17,18);/i1D;. The summed E-state index contributed by atoms with van der Waals surface area (Å²) in [5.41, 5.74) is 0. The van der Waals surface area contributed by atoms with E-state index in [1.807, 2.05) is 0 Å². The molecule has 0 aromatic carbocycles. The van der Waals surface area contributed by atoms with Crippen LogP contribution in [0.2, 0.25) is 0 Å². The molecule has 109 valence electrons. The molecule has 0 aliphatic rings. The largest absolute Gasteiger partial charge is 0.481 e. The second-order valence-electron chi connectivity index (χ2n) is 5.24. The minimum Gasteiger partial charge on any atom is -0.481 e. The van der Waals surface area contributed by atoms with Gasteiger partial charge in [0, 0.05) is 59.2 Å². The minimum absolute atomic E-state index is 0. The zero-order chi connectivity index (χ0) is 14.2. The average molecular weight is 297 g/mol. The molecule has 0 aromatic rings. The topological polar surface area (TPSA) is 37.3 Å². The third kappa shape index (κ3) is 21.6. The molecule has 0 saturated carbocycles. The first-order valence-electron chi connectivity index (χ1n) is 8.49. The van der Waals surface area contributed by atoms with Crippen LogP contribution in [-0.4, -0.2) is 62.5 Å². The van der Waals surface area contributed by atoms with Gasteiger partial charge in [-0.3, -0.25) is 4.79 Å². The van der Waals surface area contributed by atoms with Crippen molar-refractivity contribution in [3.05, 3.63) is 0 Å². The molecule has 1 N–H and O–H groups in total. The van der Waals surface area contributed by atoms with Crippen LogP contribution in [0.4, 0.5) is 0 Å². The first-order valence-corrected chi connectivity index (χ1v) is 7.78. The molecule has 0 heterocycles. The second kappa shape index (κ2) is 19.1. The monoisotopic (exact) mass is 296 g/mol. The van der Waals surface area contributed by atoms with Crippen molar-refractivity contribution >= 4 is 57.4 Å². The van der Waals surface area contributed by atoms with Crippen molar-refractivity contribution in [2.24, 2.45) is 0 Å². The maximum Gasteiger partial charge on any atom is 0.303 e. The molecule has 2 nitrogen and oxygen atoms in total. The van der Waals surface area contributed by atoms with Crippen molar-refractivity contribution in [2.45, 2.75) is 96.8 Å². The van der Waals surface area contributed by atoms with Crippen molar-refractivity contribution in [1.82, 2.24) is 0 Å². The maximum absolute atomic E-state index is 10.3. The molecule has 0 aromatic heterocycles.